The summed E-state index contributed by atoms with van der Waals surface area (Å²) in [7, 11) is 0. The Hall–Kier alpha value is -1.79. The lowest BCUT2D eigenvalue weighted by Gasteiger charge is -2.24. The number of benzene rings is 1. The second-order valence-corrected chi connectivity index (χ2v) is 6.80. The van der Waals surface area contributed by atoms with Crippen molar-refractivity contribution in [3.8, 4) is 0 Å². The summed E-state index contributed by atoms with van der Waals surface area (Å²) in [5.74, 6) is 1.73. The molecule has 1 aliphatic rings. The Morgan fingerprint density at radius 2 is 2.00 bits per heavy atom. The van der Waals surface area contributed by atoms with Crippen molar-refractivity contribution in [1.82, 2.24) is 20.1 Å². The minimum Gasteiger partial charge on any atom is -0.338 e. The molecule has 2 heterocycles. The topological polar surface area (TPSA) is 63.1 Å². The maximum Gasteiger partial charge on any atom is 0.322 e. The van der Waals surface area contributed by atoms with Crippen molar-refractivity contribution in [2.24, 2.45) is 0 Å². The largest absolute Gasteiger partial charge is 0.338 e. The summed E-state index contributed by atoms with van der Waals surface area (Å²) >= 11 is 12.7. The lowest BCUT2D eigenvalue weighted by molar-refractivity contribution is 0.246. The molecule has 3 rings (SSSR count). The summed E-state index contributed by atoms with van der Waals surface area (Å²) in [4.78, 5) is 14.2. The van der Waals surface area contributed by atoms with E-state index in [1.165, 1.54) is 11.3 Å². The van der Waals surface area contributed by atoms with E-state index in [4.69, 9.17) is 23.2 Å². The third-order valence-corrected chi connectivity index (χ3v) is 4.88. The first-order chi connectivity index (χ1) is 12.1. The number of nitrogens with one attached hydrogen (secondary N) is 1. The molecule has 6 nitrogen and oxygen atoms in total. The number of halogens is 2. The van der Waals surface area contributed by atoms with Crippen LogP contribution >= 0.6 is 23.2 Å². The van der Waals surface area contributed by atoms with Crippen LogP contribution in [0, 0.1) is 0 Å². The van der Waals surface area contributed by atoms with Gasteiger partial charge in [-0.2, -0.15) is 0 Å². The standard InChI is InChI=1S/C17H21Cl2N5O/c1-2-20-17(25)24(16-12(18)7-6-8-13(16)19)11-15-22-21-14-9-4-3-5-10-23(14)15/h6-8H,2-5,9-11H2,1H3,(H,20,25). The van der Waals surface area contributed by atoms with Gasteiger partial charge < -0.3 is 9.88 Å². The van der Waals surface area contributed by atoms with E-state index < -0.39 is 0 Å². The molecule has 1 N–H and O–H groups in total. The monoisotopic (exact) mass is 381 g/mol. The molecule has 0 radical (unpaired) electrons. The summed E-state index contributed by atoms with van der Waals surface area (Å²) in [5.41, 5.74) is 0.489. The molecule has 0 saturated carbocycles. The Kier molecular flexibility index (Phi) is 5.81. The van der Waals surface area contributed by atoms with Crippen LogP contribution in [-0.4, -0.2) is 27.3 Å². The van der Waals surface area contributed by atoms with Gasteiger partial charge in [0, 0.05) is 19.5 Å². The number of nitrogens with zero attached hydrogens (tertiary/aromatic N) is 4. The fourth-order valence-corrected chi connectivity index (χ4v) is 3.65. The summed E-state index contributed by atoms with van der Waals surface area (Å²) in [6.45, 7) is 3.52. The third kappa shape index (κ3) is 3.90. The van der Waals surface area contributed by atoms with Crippen LogP contribution in [0.5, 0.6) is 0 Å². The van der Waals surface area contributed by atoms with Crippen molar-refractivity contribution in [3.05, 3.63) is 39.9 Å². The molecule has 134 valence electrons. The van der Waals surface area contributed by atoms with E-state index in [-0.39, 0.29) is 12.6 Å². The summed E-state index contributed by atoms with van der Waals surface area (Å²) < 4.78 is 2.12. The number of fused-ring (bicyclic) bond motifs is 1. The van der Waals surface area contributed by atoms with Gasteiger partial charge in [-0.1, -0.05) is 35.7 Å². The van der Waals surface area contributed by atoms with Gasteiger partial charge in [0.15, 0.2) is 5.82 Å². The zero-order valence-corrected chi connectivity index (χ0v) is 15.6. The second kappa shape index (κ2) is 8.06. The molecule has 0 atom stereocenters. The molecule has 8 heteroatoms. The van der Waals surface area contributed by atoms with Crippen molar-refractivity contribution in [3.63, 3.8) is 0 Å². The molecular weight excluding hydrogens is 361 g/mol. The normalized spacial score (nSPS) is 13.9. The molecule has 0 saturated heterocycles. The van der Waals surface area contributed by atoms with E-state index in [0.717, 1.165) is 37.5 Å². The van der Waals surface area contributed by atoms with Crippen LogP contribution in [0.25, 0.3) is 0 Å². The first-order valence-electron chi connectivity index (χ1n) is 8.52. The Morgan fingerprint density at radius 3 is 2.72 bits per heavy atom. The zero-order chi connectivity index (χ0) is 17.8. The van der Waals surface area contributed by atoms with Crippen molar-refractivity contribution in [2.75, 3.05) is 11.4 Å². The van der Waals surface area contributed by atoms with Crippen molar-refractivity contribution in [1.29, 1.82) is 0 Å². The van der Waals surface area contributed by atoms with Crippen LogP contribution < -0.4 is 10.2 Å². The fourth-order valence-electron chi connectivity index (χ4n) is 3.05. The van der Waals surface area contributed by atoms with Gasteiger partial charge in [-0.15, -0.1) is 10.2 Å². The maximum atomic E-state index is 12.7. The fraction of sp³-hybridized carbons (Fsp3) is 0.471. The van der Waals surface area contributed by atoms with Gasteiger partial charge in [0.2, 0.25) is 0 Å². The highest BCUT2D eigenvalue weighted by molar-refractivity contribution is 6.39. The minimum absolute atomic E-state index is 0.261. The highest BCUT2D eigenvalue weighted by Crippen LogP contribution is 2.34. The van der Waals surface area contributed by atoms with E-state index in [9.17, 15) is 4.79 Å². The zero-order valence-electron chi connectivity index (χ0n) is 14.1. The lowest BCUT2D eigenvalue weighted by atomic mass is 10.2. The van der Waals surface area contributed by atoms with Crippen molar-refractivity contribution < 1.29 is 4.79 Å². The quantitative estimate of drug-likeness (QED) is 0.868. The molecule has 1 aromatic heterocycles. The van der Waals surface area contributed by atoms with E-state index >= 15 is 0 Å². The van der Waals surface area contributed by atoms with Crippen LogP contribution in [0.3, 0.4) is 0 Å². The van der Waals surface area contributed by atoms with E-state index in [1.54, 1.807) is 18.2 Å². The summed E-state index contributed by atoms with van der Waals surface area (Å²) in [6, 6.07) is 4.94. The maximum absolute atomic E-state index is 12.7. The minimum atomic E-state index is -0.261. The highest BCUT2D eigenvalue weighted by atomic mass is 35.5. The number of carbonyl (C=O) groups is 1. The Bertz CT molecular complexity index is 741. The second-order valence-electron chi connectivity index (χ2n) is 5.99. The van der Waals surface area contributed by atoms with Crippen LogP contribution in [0.1, 0.15) is 37.8 Å². The van der Waals surface area contributed by atoms with Crippen LogP contribution in [0.15, 0.2) is 18.2 Å². The van der Waals surface area contributed by atoms with Gasteiger partial charge in [0.1, 0.15) is 5.82 Å². The van der Waals surface area contributed by atoms with E-state index in [1.807, 2.05) is 6.92 Å². The van der Waals surface area contributed by atoms with Crippen molar-refractivity contribution in [2.45, 2.75) is 45.7 Å². The van der Waals surface area contributed by atoms with Gasteiger partial charge in [0.25, 0.3) is 0 Å². The number of aromatic nitrogens is 3. The number of hydrogen-bond donors (Lipinski definition) is 1. The van der Waals surface area contributed by atoms with Crippen LogP contribution in [0.4, 0.5) is 10.5 Å². The molecule has 2 amide bonds. The number of urea groups is 1. The first kappa shape index (κ1) is 18.0. The average molecular weight is 382 g/mol. The number of carbonyl (C=O) groups excluding carboxylic acids is 1. The van der Waals surface area contributed by atoms with E-state index in [2.05, 4.69) is 20.1 Å². The smallest absolute Gasteiger partial charge is 0.322 e. The van der Waals surface area contributed by atoms with Crippen LogP contribution in [-0.2, 0) is 19.5 Å². The van der Waals surface area contributed by atoms with Gasteiger partial charge in [-0.05, 0) is 31.9 Å². The number of para-hydroxylation sites is 1. The molecule has 25 heavy (non-hydrogen) atoms. The molecule has 0 aliphatic carbocycles. The highest BCUT2D eigenvalue weighted by Gasteiger charge is 2.24. The van der Waals surface area contributed by atoms with Crippen LogP contribution in [0.2, 0.25) is 10.0 Å². The van der Waals surface area contributed by atoms with Gasteiger partial charge >= 0.3 is 6.03 Å². The predicted molar refractivity (Wildman–Crippen MR) is 99.3 cm³/mol. The third-order valence-electron chi connectivity index (χ3n) is 4.27. The van der Waals surface area contributed by atoms with Gasteiger partial charge in [-0.3, -0.25) is 4.90 Å². The van der Waals surface area contributed by atoms with Gasteiger partial charge in [0.05, 0.1) is 22.3 Å². The number of anilines is 1. The molecule has 2 aromatic rings. The molecule has 0 spiro atoms. The summed E-state index contributed by atoms with van der Waals surface area (Å²) in [6.07, 6.45) is 4.31. The number of aryl methyl sites for hydroxylation is 1. The summed E-state index contributed by atoms with van der Waals surface area (Å²) in [5, 5.41) is 12.3. The SMILES string of the molecule is CCNC(=O)N(Cc1nnc2n1CCCCC2)c1c(Cl)cccc1Cl. The molecule has 1 aromatic carbocycles. The first-order valence-corrected chi connectivity index (χ1v) is 9.27. The number of rotatable bonds is 4. The number of amides is 2. The number of hydrogen-bond acceptors (Lipinski definition) is 3. The Balaban J connectivity index is 1.96. The average Bonchev–Trinajstić information content (AvgIpc) is 2.80. The molecular formula is C17H21Cl2N5O. The molecule has 1 aliphatic heterocycles. The molecule has 0 unspecified atom stereocenters. The molecule has 0 fully saturated rings. The molecule has 0 bridgehead atoms. The lowest BCUT2D eigenvalue weighted by Crippen LogP contribution is -2.40. The Labute approximate surface area is 157 Å². The predicted octanol–water partition coefficient (Wildman–Crippen LogP) is 4.05. The van der Waals surface area contributed by atoms with Gasteiger partial charge in [-0.25, -0.2) is 4.79 Å². The van der Waals surface area contributed by atoms with Crippen molar-refractivity contribution >= 4 is 34.9 Å². The Morgan fingerprint density at radius 1 is 1.24 bits per heavy atom. The van der Waals surface area contributed by atoms with E-state index in [0.29, 0.717) is 22.3 Å².